The molecule has 0 aliphatic rings. The fourth-order valence-corrected chi connectivity index (χ4v) is 2.83. The van der Waals surface area contributed by atoms with Gasteiger partial charge in [0.05, 0.1) is 11.0 Å². The summed E-state index contributed by atoms with van der Waals surface area (Å²) >= 11 is 0. The van der Waals surface area contributed by atoms with E-state index in [9.17, 15) is 9.59 Å². The Kier molecular flexibility index (Phi) is 6.92. The molecule has 0 fully saturated rings. The topological polar surface area (TPSA) is 91.7 Å². The van der Waals surface area contributed by atoms with Crippen molar-refractivity contribution in [2.24, 2.45) is 0 Å². The van der Waals surface area contributed by atoms with Crippen molar-refractivity contribution in [1.29, 1.82) is 0 Å². The highest BCUT2D eigenvalue weighted by molar-refractivity contribution is 5.89. The Hall–Kier alpha value is -2.45. The number of rotatable bonds is 10. The highest BCUT2D eigenvalue weighted by atomic mass is 16.7. The first-order chi connectivity index (χ1) is 12.9. The zero-order valence-corrected chi connectivity index (χ0v) is 16.4. The number of ether oxygens (including phenoxy) is 3. The third-order valence-electron chi connectivity index (χ3n) is 3.99. The van der Waals surface area contributed by atoms with Crippen molar-refractivity contribution in [3.63, 3.8) is 0 Å². The maximum Gasteiger partial charge on any atom is 0.332 e. The summed E-state index contributed by atoms with van der Waals surface area (Å²) in [6.07, 6.45) is -0.982. The third-order valence-corrected chi connectivity index (χ3v) is 3.99. The van der Waals surface area contributed by atoms with Crippen LogP contribution in [-0.2, 0) is 14.3 Å². The summed E-state index contributed by atoms with van der Waals surface area (Å²) in [5.74, 6) is -2.03. The van der Waals surface area contributed by atoms with Crippen molar-refractivity contribution in [2.45, 2.75) is 46.5 Å². The quantitative estimate of drug-likeness (QED) is 0.634. The zero-order valence-electron chi connectivity index (χ0n) is 16.4. The lowest BCUT2D eigenvalue weighted by Gasteiger charge is -2.29. The van der Waals surface area contributed by atoms with E-state index in [0.717, 1.165) is 0 Å². The van der Waals surface area contributed by atoms with Crippen LogP contribution in [-0.4, -0.2) is 47.1 Å². The van der Waals surface area contributed by atoms with Crippen molar-refractivity contribution in [3.05, 3.63) is 34.6 Å². The number of nitrogens with one attached hydrogen (secondary N) is 1. The highest BCUT2D eigenvalue weighted by Gasteiger charge is 2.39. The molecule has 0 saturated carbocycles. The summed E-state index contributed by atoms with van der Waals surface area (Å²) in [6, 6.07) is 7.19. The van der Waals surface area contributed by atoms with Crippen LogP contribution in [0.4, 0.5) is 0 Å². The number of aromatic nitrogens is 2. The average molecular weight is 377 g/mol. The van der Waals surface area contributed by atoms with Gasteiger partial charge in [0.25, 0.3) is 5.88 Å². The molecule has 0 spiro atoms. The largest absolute Gasteiger partial charge is 0.462 e. The van der Waals surface area contributed by atoms with E-state index in [4.69, 9.17) is 14.2 Å². The van der Waals surface area contributed by atoms with Crippen LogP contribution >= 0.6 is 0 Å². The van der Waals surface area contributed by atoms with E-state index in [0.29, 0.717) is 30.8 Å². The van der Waals surface area contributed by atoms with Crippen LogP contribution in [0.3, 0.4) is 0 Å². The van der Waals surface area contributed by atoms with E-state index in [-0.39, 0.29) is 5.88 Å². The molecule has 2 aromatic rings. The van der Waals surface area contributed by atoms with Crippen LogP contribution in [0.15, 0.2) is 29.1 Å². The van der Waals surface area contributed by atoms with Gasteiger partial charge in [0.2, 0.25) is 11.6 Å². The summed E-state index contributed by atoms with van der Waals surface area (Å²) in [7, 11) is 0. The predicted molar refractivity (Wildman–Crippen MR) is 103 cm³/mol. The monoisotopic (exact) mass is 377 g/mol. The average Bonchev–Trinajstić information content (AvgIpc) is 2.64. The molecule has 0 aliphatic carbocycles. The second-order valence-corrected chi connectivity index (χ2v) is 5.99. The molecule has 1 heterocycles. The number of para-hydroxylation sites is 2. The van der Waals surface area contributed by atoms with Crippen LogP contribution in [0.2, 0.25) is 0 Å². The van der Waals surface area contributed by atoms with Crippen LogP contribution in [0.1, 0.15) is 34.6 Å². The van der Waals surface area contributed by atoms with Crippen LogP contribution < -0.4 is 15.7 Å². The second-order valence-electron chi connectivity index (χ2n) is 5.99. The van der Waals surface area contributed by atoms with Gasteiger partial charge in [-0.2, -0.15) is 0 Å². The molecular formula is C19H27N3O5. The smallest absolute Gasteiger partial charge is 0.332 e. The first-order valence-corrected chi connectivity index (χ1v) is 9.12. The molecule has 0 amide bonds. The van der Waals surface area contributed by atoms with E-state index in [2.05, 4.69) is 10.4 Å². The maximum atomic E-state index is 12.8. The summed E-state index contributed by atoms with van der Waals surface area (Å²) in [6.45, 7) is 9.66. The van der Waals surface area contributed by atoms with E-state index >= 15 is 0 Å². The Morgan fingerprint density at radius 1 is 1.22 bits per heavy atom. The maximum absolute atomic E-state index is 12.8. The van der Waals surface area contributed by atoms with Crippen LogP contribution in [0.5, 0.6) is 5.88 Å². The molecule has 0 radical (unpaired) electrons. The number of Topliss-reactive ketones (excluding diaryl/α,β-unsaturated/α-hetero) is 1. The Balaban J connectivity index is 2.38. The van der Waals surface area contributed by atoms with Gasteiger partial charge in [-0.1, -0.05) is 12.1 Å². The van der Waals surface area contributed by atoms with Gasteiger partial charge < -0.3 is 19.6 Å². The minimum absolute atomic E-state index is 0.161. The minimum atomic E-state index is -1.44. The summed E-state index contributed by atoms with van der Waals surface area (Å²) in [4.78, 5) is 29.9. The molecule has 8 heteroatoms. The molecular weight excluding hydrogens is 350 g/mol. The van der Waals surface area contributed by atoms with Gasteiger partial charge in [-0.25, -0.2) is 9.66 Å². The Morgan fingerprint density at radius 2 is 1.85 bits per heavy atom. The molecule has 148 valence electrons. The van der Waals surface area contributed by atoms with Crippen LogP contribution in [0, 0.1) is 0 Å². The lowest BCUT2D eigenvalue weighted by Crippen LogP contribution is -2.48. The van der Waals surface area contributed by atoms with Crippen molar-refractivity contribution in [3.8, 4) is 5.88 Å². The summed E-state index contributed by atoms with van der Waals surface area (Å²) in [5.41, 5.74) is 3.72. The number of hydrogen-bond donors (Lipinski definition) is 1. The fourth-order valence-electron chi connectivity index (χ4n) is 2.83. The van der Waals surface area contributed by atoms with Gasteiger partial charge in [-0.3, -0.25) is 9.59 Å². The Bertz CT molecular complexity index is 843. The molecule has 1 unspecified atom stereocenters. The van der Waals surface area contributed by atoms with E-state index in [1.165, 1.54) is 4.68 Å². The number of carbonyl (C=O) groups is 1. The number of fused-ring (bicyclic) bond motifs is 1. The number of hydrogen-bond acceptors (Lipinski definition) is 7. The number of carbonyl (C=O) groups excluding carboxylic acids is 1. The molecule has 1 atom stereocenters. The zero-order chi connectivity index (χ0) is 20.0. The van der Waals surface area contributed by atoms with Gasteiger partial charge in [-0.05, 0) is 46.8 Å². The number of nitrogens with zero attached hydrogens (tertiary/aromatic N) is 2. The normalized spacial score (nSPS) is 12.8. The van der Waals surface area contributed by atoms with Gasteiger partial charge >= 0.3 is 5.56 Å². The van der Waals surface area contributed by atoms with Crippen LogP contribution in [0.25, 0.3) is 11.0 Å². The molecule has 1 N–H and O–H groups in total. The molecule has 1 aromatic carbocycles. The Morgan fingerprint density at radius 3 is 2.44 bits per heavy atom. The molecule has 2 rings (SSSR count). The minimum Gasteiger partial charge on any atom is -0.462 e. The fraction of sp³-hybridized carbons (Fsp3) is 0.526. The summed E-state index contributed by atoms with van der Waals surface area (Å²) < 4.78 is 18.0. The predicted octanol–water partition coefficient (Wildman–Crippen LogP) is 2.09. The molecule has 0 bridgehead atoms. The standard InChI is InChI=1S/C19H27N3O5/c1-6-20-22-15-12-10-9-11-14(15)21-17(18(22)24)27-13(4)16(23)19(5,25-7-2)26-8-3/h9-13,20H,6-8H2,1-5H3. The lowest BCUT2D eigenvalue weighted by atomic mass is 10.1. The van der Waals surface area contributed by atoms with Crippen molar-refractivity contribution in [2.75, 3.05) is 25.2 Å². The molecule has 0 saturated heterocycles. The summed E-state index contributed by atoms with van der Waals surface area (Å²) in [5, 5.41) is 0. The van der Waals surface area contributed by atoms with E-state index in [1.807, 2.05) is 19.1 Å². The van der Waals surface area contributed by atoms with Gasteiger partial charge in [0.1, 0.15) is 0 Å². The lowest BCUT2D eigenvalue weighted by molar-refractivity contribution is -0.221. The van der Waals surface area contributed by atoms with Crippen molar-refractivity contribution < 1.29 is 19.0 Å². The SMILES string of the molecule is CCNn1c(=O)c(OC(C)C(=O)C(C)(OCC)OCC)nc2ccccc21. The molecule has 1 aromatic heterocycles. The number of ketones is 1. The van der Waals surface area contributed by atoms with Gasteiger partial charge in [-0.15, -0.1) is 0 Å². The van der Waals surface area contributed by atoms with E-state index in [1.54, 1.807) is 39.8 Å². The molecule has 0 aliphatic heterocycles. The van der Waals surface area contributed by atoms with E-state index < -0.39 is 23.2 Å². The highest BCUT2D eigenvalue weighted by Crippen LogP contribution is 2.19. The first-order valence-electron chi connectivity index (χ1n) is 9.12. The molecule has 27 heavy (non-hydrogen) atoms. The van der Waals surface area contributed by atoms with Crippen molar-refractivity contribution in [1.82, 2.24) is 9.66 Å². The number of benzene rings is 1. The molecule has 8 nitrogen and oxygen atoms in total. The second kappa shape index (κ2) is 8.96. The first kappa shape index (κ1) is 20.9. The Labute approximate surface area is 158 Å². The van der Waals surface area contributed by atoms with Gasteiger partial charge in [0, 0.05) is 19.8 Å². The van der Waals surface area contributed by atoms with Crippen molar-refractivity contribution >= 4 is 16.8 Å². The third kappa shape index (κ3) is 4.45. The van der Waals surface area contributed by atoms with Gasteiger partial charge in [0.15, 0.2) is 6.10 Å².